The molecule has 0 saturated heterocycles. The molecule has 1 aliphatic carbocycles. The van der Waals surface area contributed by atoms with E-state index in [0.717, 1.165) is 24.8 Å². The molecule has 0 radical (unpaired) electrons. The molecule has 3 atom stereocenters. The van der Waals surface area contributed by atoms with E-state index in [4.69, 9.17) is 9.47 Å². The molecule has 0 bridgehead atoms. The zero-order valence-electron chi connectivity index (χ0n) is 15.5. The molecular weight excluding hydrogens is 332 g/mol. The van der Waals surface area contributed by atoms with E-state index in [-0.39, 0.29) is 18.1 Å². The van der Waals surface area contributed by atoms with Gasteiger partial charge in [-0.15, -0.1) is 0 Å². The number of amides is 2. The van der Waals surface area contributed by atoms with E-state index in [0.29, 0.717) is 22.9 Å². The Morgan fingerprint density at radius 3 is 2.73 bits per heavy atom. The van der Waals surface area contributed by atoms with Gasteiger partial charge in [-0.05, 0) is 38.2 Å². The Morgan fingerprint density at radius 1 is 1.23 bits per heavy atom. The maximum atomic E-state index is 13.0. The third-order valence-electron chi connectivity index (χ3n) is 5.10. The summed E-state index contributed by atoms with van der Waals surface area (Å²) in [5.41, 5.74) is 1.67. The van der Waals surface area contributed by atoms with E-state index in [2.05, 4.69) is 17.6 Å². The highest BCUT2D eigenvalue weighted by atomic mass is 16.5. The molecule has 1 saturated carbocycles. The first-order chi connectivity index (χ1) is 12.5. The lowest BCUT2D eigenvalue weighted by Gasteiger charge is -2.31. The molecule has 140 valence electrons. The van der Waals surface area contributed by atoms with Crippen LogP contribution in [0.2, 0.25) is 0 Å². The molecule has 2 N–H and O–H groups in total. The number of allylic oxidation sites excluding steroid dienone is 1. The van der Waals surface area contributed by atoms with Crippen LogP contribution in [-0.2, 0) is 9.53 Å². The fraction of sp³-hybridized carbons (Fsp3) is 0.500. The molecule has 6 nitrogen and oxygen atoms in total. The van der Waals surface area contributed by atoms with Gasteiger partial charge < -0.3 is 20.1 Å². The van der Waals surface area contributed by atoms with E-state index in [9.17, 15) is 9.59 Å². The minimum atomic E-state index is -0.603. The second kappa shape index (κ2) is 7.81. The summed E-state index contributed by atoms with van der Waals surface area (Å²) in [6, 6.07) is 6.41. The highest BCUT2D eigenvalue weighted by molar-refractivity contribution is 5.95. The summed E-state index contributed by atoms with van der Waals surface area (Å²) in [6.07, 6.45) is 3.96. The van der Waals surface area contributed by atoms with Gasteiger partial charge in [0.1, 0.15) is 11.9 Å². The van der Waals surface area contributed by atoms with Crippen LogP contribution in [0.4, 0.5) is 4.79 Å². The maximum absolute atomic E-state index is 13.0. The predicted octanol–water partition coefficient (Wildman–Crippen LogP) is 3.45. The number of para-hydroxylation sites is 1. The van der Waals surface area contributed by atoms with Gasteiger partial charge in [0, 0.05) is 11.3 Å². The van der Waals surface area contributed by atoms with Crippen LogP contribution >= 0.6 is 0 Å². The van der Waals surface area contributed by atoms with Crippen molar-refractivity contribution in [2.24, 2.45) is 5.92 Å². The Morgan fingerprint density at radius 2 is 2.00 bits per heavy atom. The lowest BCUT2D eigenvalue weighted by molar-refractivity contribution is -0.146. The summed E-state index contributed by atoms with van der Waals surface area (Å²) in [6.45, 7) is 3.91. The molecule has 3 rings (SSSR count). The molecule has 6 heteroatoms. The zero-order chi connectivity index (χ0) is 18.7. The van der Waals surface area contributed by atoms with Crippen LogP contribution in [-0.4, -0.2) is 25.2 Å². The average molecular weight is 358 g/mol. The molecule has 1 heterocycles. The van der Waals surface area contributed by atoms with Crippen molar-refractivity contribution in [2.75, 3.05) is 7.11 Å². The molecule has 2 aliphatic rings. The SMILES string of the molecule is COc1ccccc1[C@H]1NC(=O)NC(C)=C1C(=O)O[C@H]1CCC[C@H](C)C1. The van der Waals surface area contributed by atoms with Crippen LogP contribution in [0, 0.1) is 5.92 Å². The molecule has 1 aromatic carbocycles. The van der Waals surface area contributed by atoms with Crippen molar-refractivity contribution in [2.45, 2.75) is 51.7 Å². The smallest absolute Gasteiger partial charge is 0.338 e. The number of hydrogen-bond acceptors (Lipinski definition) is 4. The van der Waals surface area contributed by atoms with E-state index in [1.54, 1.807) is 14.0 Å². The maximum Gasteiger partial charge on any atom is 0.338 e. The molecule has 0 spiro atoms. The second-order valence-electron chi connectivity index (χ2n) is 7.11. The van der Waals surface area contributed by atoms with Crippen molar-refractivity contribution in [1.29, 1.82) is 0 Å². The van der Waals surface area contributed by atoms with Gasteiger partial charge in [-0.3, -0.25) is 0 Å². The Bertz CT molecular complexity index is 728. The first-order valence-electron chi connectivity index (χ1n) is 9.11. The van der Waals surface area contributed by atoms with Gasteiger partial charge in [-0.25, -0.2) is 9.59 Å². The molecular formula is C20H26N2O4. The molecule has 26 heavy (non-hydrogen) atoms. The first-order valence-corrected chi connectivity index (χ1v) is 9.11. The fourth-order valence-corrected chi connectivity index (χ4v) is 3.80. The summed E-state index contributed by atoms with van der Waals surface area (Å²) in [7, 11) is 1.57. The Hall–Kier alpha value is -2.50. The summed E-state index contributed by atoms with van der Waals surface area (Å²) in [4.78, 5) is 25.0. The van der Waals surface area contributed by atoms with Gasteiger partial charge in [0.15, 0.2) is 0 Å². The number of methoxy groups -OCH3 is 1. The third kappa shape index (κ3) is 3.84. The second-order valence-corrected chi connectivity index (χ2v) is 7.11. The van der Waals surface area contributed by atoms with Crippen molar-refractivity contribution in [1.82, 2.24) is 10.6 Å². The van der Waals surface area contributed by atoms with Crippen molar-refractivity contribution in [3.63, 3.8) is 0 Å². The molecule has 0 unspecified atom stereocenters. The van der Waals surface area contributed by atoms with Gasteiger partial charge in [0.25, 0.3) is 0 Å². The highest BCUT2D eigenvalue weighted by Gasteiger charge is 2.35. The number of esters is 1. The quantitative estimate of drug-likeness (QED) is 0.808. The van der Waals surface area contributed by atoms with Crippen molar-refractivity contribution < 1.29 is 19.1 Å². The van der Waals surface area contributed by atoms with Gasteiger partial charge >= 0.3 is 12.0 Å². The van der Waals surface area contributed by atoms with Crippen LogP contribution in [0.25, 0.3) is 0 Å². The standard InChI is InChI=1S/C20H26N2O4/c1-12-7-6-8-14(11-12)26-19(23)17-13(2)21-20(24)22-18(17)15-9-4-5-10-16(15)25-3/h4-5,9-10,12,14,18H,6-8,11H2,1-3H3,(H2,21,22,24)/t12-,14-,18+/m0/s1. The van der Waals surface area contributed by atoms with Crippen LogP contribution in [0.15, 0.2) is 35.5 Å². The average Bonchev–Trinajstić information content (AvgIpc) is 2.60. The topological polar surface area (TPSA) is 76.7 Å². The van der Waals surface area contributed by atoms with E-state index in [1.165, 1.54) is 6.42 Å². The Balaban J connectivity index is 1.89. The number of benzene rings is 1. The first kappa shape index (κ1) is 18.3. The zero-order valence-corrected chi connectivity index (χ0v) is 15.5. The number of ether oxygens (including phenoxy) is 2. The fourth-order valence-electron chi connectivity index (χ4n) is 3.80. The lowest BCUT2D eigenvalue weighted by atomic mass is 9.88. The van der Waals surface area contributed by atoms with E-state index in [1.807, 2.05) is 24.3 Å². The number of hydrogen-bond donors (Lipinski definition) is 2. The van der Waals surface area contributed by atoms with Crippen molar-refractivity contribution >= 4 is 12.0 Å². The van der Waals surface area contributed by atoms with Gasteiger partial charge in [-0.2, -0.15) is 0 Å². The third-order valence-corrected chi connectivity index (χ3v) is 5.10. The molecule has 1 fully saturated rings. The molecule has 1 aromatic rings. The van der Waals surface area contributed by atoms with Gasteiger partial charge in [0.05, 0.1) is 18.7 Å². The lowest BCUT2D eigenvalue weighted by Crippen LogP contribution is -2.45. The Kier molecular flexibility index (Phi) is 5.49. The normalized spacial score (nSPS) is 26.0. The summed E-state index contributed by atoms with van der Waals surface area (Å²) in [5.74, 6) is 0.792. The molecule has 1 aliphatic heterocycles. The minimum absolute atomic E-state index is 0.0671. The molecule has 2 amide bonds. The molecule has 0 aromatic heterocycles. The number of urea groups is 1. The van der Waals surface area contributed by atoms with Gasteiger partial charge in [-0.1, -0.05) is 31.5 Å². The van der Waals surface area contributed by atoms with Crippen LogP contribution in [0.1, 0.15) is 51.1 Å². The van der Waals surface area contributed by atoms with Gasteiger partial charge in [0.2, 0.25) is 0 Å². The van der Waals surface area contributed by atoms with E-state index < -0.39 is 6.04 Å². The van der Waals surface area contributed by atoms with Crippen molar-refractivity contribution in [3.05, 3.63) is 41.1 Å². The van der Waals surface area contributed by atoms with Crippen LogP contribution < -0.4 is 15.4 Å². The largest absolute Gasteiger partial charge is 0.496 e. The highest BCUT2D eigenvalue weighted by Crippen LogP contribution is 2.34. The minimum Gasteiger partial charge on any atom is -0.496 e. The van der Waals surface area contributed by atoms with Crippen LogP contribution in [0.3, 0.4) is 0 Å². The summed E-state index contributed by atoms with van der Waals surface area (Å²) in [5, 5.41) is 5.51. The monoisotopic (exact) mass is 358 g/mol. The summed E-state index contributed by atoms with van der Waals surface area (Å²) < 4.78 is 11.2. The predicted molar refractivity (Wildman–Crippen MR) is 97.6 cm³/mol. The number of nitrogens with one attached hydrogen (secondary N) is 2. The Labute approximate surface area is 153 Å². The number of rotatable bonds is 4. The van der Waals surface area contributed by atoms with E-state index >= 15 is 0 Å². The number of carbonyl (C=O) groups excluding carboxylic acids is 2. The number of carbonyl (C=O) groups is 2. The summed E-state index contributed by atoms with van der Waals surface area (Å²) >= 11 is 0. The van der Waals surface area contributed by atoms with Crippen molar-refractivity contribution in [3.8, 4) is 5.75 Å². The van der Waals surface area contributed by atoms with Crippen LogP contribution in [0.5, 0.6) is 5.75 Å².